The van der Waals surface area contributed by atoms with Crippen molar-refractivity contribution in [2.75, 3.05) is 10.0 Å². The summed E-state index contributed by atoms with van der Waals surface area (Å²) < 4.78 is 3.34. The van der Waals surface area contributed by atoms with Crippen molar-refractivity contribution in [1.29, 1.82) is 0 Å². The highest BCUT2D eigenvalue weighted by Gasteiger charge is 2.06. The number of hydrogen-bond donors (Lipinski definition) is 2. The molecule has 0 atom stereocenters. The molecule has 2 N–H and O–H groups in total. The molecule has 0 bridgehead atoms. The lowest BCUT2D eigenvalue weighted by molar-refractivity contribution is 1.05. The molecule has 0 saturated carbocycles. The maximum Gasteiger partial charge on any atom is 0.206 e. The molecule has 1 heterocycles. The van der Waals surface area contributed by atoms with Gasteiger partial charge in [0.1, 0.15) is 5.01 Å². The van der Waals surface area contributed by atoms with E-state index in [9.17, 15) is 0 Å². The Morgan fingerprint density at radius 1 is 1.00 bits per heavy atom. The molecule has 0 fully saturated rings. The molecule has 24 heavy (non-hydrogen) atoms. The molecular weight excluding hydrogens is 336 g/mol. The molecule has 0 saturated heterocycles. The van der Waals surface area contributed by atoms with Crippen molar-refractivity contribution >= 4 is 34.1 Å². The van der Waals surface area contributed by atoms with Gasteiger partial charge in [-0.3, -0.25) is 0 Å². The van der Waals surface area contributed by atoms with Gasteiger partial charge in [-0.15, -0.1) is 10.2 Å². The first kappa shape index (κ1) is 16.8. The zero-order valence-electron chi connectivity index (χ0n) is 13.7. The number of rotatable bonds is 7. The number of nitrogens with zero attached hydrogens (tertiary/aromatic N) is 2. The quantitative estimate of drug-likeness (QED) is 0.564. The van der Waals surface area contributed by atoms with E-state index in [4.69, 9.17) is 0 Å². The third kappa shape index (κ3) is 4.72. The fourth-order valence-corrected chi connectivity index (χ4v) is 3.30. The van der Waals surface area contributed by atoms with E-state index in [1.165, 1.54) is 5.56 Å². The average Bonchev–Trinajstić information content (AvgIpc) is 3.09. The van der Waals surface area contributed by atoms with Crippen molar-refractivity contribution in [3.8, 4) is 10.6 Å². The molecule has 124 valence electrons. The van der Waals surface area contributed by atoms with Crippen molar-refractivity contribution in [2.24, 2.45) is 0 Å². The van der Waals surface area contributed by atoms with E-state index >= 15 is 0 Å². The van der Waals surface area contributed by atoms with Crippen LogP contribution in [0.2, 0.25) is 0 Å². The molecule has 6 heteroatoms. The maximum absolute atomic E-state index is 4.25. The molecule has 0 spiro atoms. The number of nitrogens with one attached hydrogen (secondary N) is 2. The lowest BCUT2D eigenvalue weighted by Crippen LogP contribution is -1.99. The normalized spacial score (nSPS) is 10.8. The Labute approximate surface area is 150 Å². The Balaban J connectivity index is 1.55. The van der Waals surface area contributed by atoms with Crippen LogP contribution < -0.4 is 10.0 Å². The van der Waals surface area contributed by atoms with E-state index in [2.05, 4.69) is 58.3 Å². The molecule has 0 aliphatic carbocycles. The summed E-state index contributed by atoms with van der Waals surface area (Å²) in [7, 11) is 0. The molecule has 0 aliphatic rings. The Morgan fingerprint density at radius 2 is 1.75 bits per heavy atom. The lowest BCUT2D eigenvalue weighted by atomic mass is 10.2. The monoisotopic (exact) mass is 356 g/mol. The first-order chi connectivity index (χ1) is 11.7. The molecule has 2 aromatic carbocycles. The topological polar surface area (TPSA) is 49.8 Å². The van der Waals surface area contributed by atoms with Gasteiger partial charge in [-0.2, -0.15) is 0 Å². The Hall–Kier alpha value is -2.05. The van der Waals surface area contributed by atoms with Crippen molar-refractivity contribution < 1.29 is 0 Å². The van der Waals surface area contributed by atoms with Gasteiger partial charge in [0, 0.05) is 23.0 Å². The first-order valence-electron chi connectivity index (χ1n) is 7.84. The molecule has 0 radical (unpaired) electrons. The van der Waals surface area contributed by atoms with Gasteiger partial charge < -0.3 is 10.0 Å². The van der Waals surface area contributed by atoms with Crippen molar-refractivity contribution in [3.05, 3.63) is 60.2 Å². The summed E-state index contributed by atoms with van der Waals surface area (Å²) in [5.74, 6) is 0. The molecule has 0 unspecified atom stereocenters. The summed E-state index contributed by atoms with van der Waals surface area (Å²) in [5, 5.41) is 14.1. The predicted octanol–water partition coefficient (Wildman–Crippen LogP) is 5.29. The van der Waals surface area contributed by atoms with Gasteiger partial charge in [0.15, 0.2) is 0 Å². The van der Waals surface area contributed by atoms with Crippen molar-refractivity contribution in [3.63, 3.8) is 0 Å². The number of hydrogen-bond acceptors (Lipinski definition) is 6. The van der Waals surface area contributed by atoms with Gasteiger partial charge in [-0.05, 0) is 29.6 Å². The minimum atomic E-state index is 0.558. The van der Waals surface area contributed by atoms with Crippen LogP contribution in [0, 0.1) is 0 Å². The van der Waals surface area contributed by atoms with Gasteiger partial charge in [0.25, 0.3) is 0 Å². The molecule has 1 aromatic heterocycles. The predicted molar refractivity (Wildman–Crippen MR) is 105 cm³/mol. The second-order valence-corrected chi connectivity index (χ2v) is 7.96. The van der Waals surface area contributed by atoms with E-state index in [0.717, 1.165) is 27.9 Å². The number of aromatic nitrogens is 2. The summed E-state index contributed by atoms with van der Waals surface area (Å²) in [5.41, 5.74) is 3.44. The van der Waals surface area contributed by atoms with Crippen LogP contribution in [-0.4, -0.2) is 15.4 Å². The standard InChI is InChI=1S/C18H20N4S2/c1-13(2)24-22-16-10-8-14(9-11-16)12-19-18-21-20-17(23-18)15-6-4-3-5-7-15/h3-11,13,22H,12H2,1-2H3,(H,19,21). The smallest absolute Gasteiger partial charge is 0.206 e. The van der Waals surface area contributed by atoms with E-state index in [1.54, 1.807) is 23.3 Å². The van der Waals surface area contributed by atoms with Crippen LogP contribution >= 0.6 is 23.3 Å². The third-order valence-electron chi connectivity index (χ3n) is 3.26. The summed E-state index contributed by atoms with van der Waals surface area (Å²) in [6, 6.07) is 18.6. The van der Waals surface area contributed by atoms with Crippen LogP contribution in [0.15, 0.2) is 54.6 Å². The summed E-state index contributed by atoms with van der Waals surface area (Å²) >= 11 is 3.29. The second-order valence-electron chi connectivity index (χ2n) is 5.60. The van der Waals surface area contributed by atoms with Crippen LogP contribution in [0.4, 0.5) is 10.8 Å². The zero-order chi connectivity index (χ0) is 16.8. The third-order valence-corrected chi connectivity index (χ3v) is 5.01. The highest BCUT2D eigenvalue weighted by atomic mass is 32.2. The SMILES string of the molecule is CC(C)SNc1ccc(CNc2nnc(-c3ccccc3)s2)cc1. The highest BCUT2D eigenvalue weighted by Crippen LogP contribution is 2.26. The number of benzene rings is 2. The molecule has 4 nitrogen and oxygen atoms in total. The van der Waals surface area contributed by atoms with Crippen molar-refractivity contribution in [1.82, 2.24) is 10.2 Å². The van der Waals surface area contributed by atoms with E-state index < -0.39 is 0 Å². The van der Waals surface area contributed by atoms with Gasteiger partial charge in [0.2, 0.25) is 5.13 Å². The van der Waals surface area contributed by atoms with Gasteiger partial charge >= 0.3 is 0 Å². The van der Waals surface area contributed by atoms with Gasteiger partial charge in [-0.1, -0.05) is 67.6 Å². The molecule has 0 amide bonds. The zero-order valence-corrected chi connectivity index (χ0v) is 15.3. The Kier molecular flexibility index (Phi) is 5.72. The van der Waals surface area contributed by atoms with Crippen LogP contribution in [0.1, 0.15) is 19.4 Å². The maximum atomic E-state index is 4.25. The molecule has 3 rings (SSSR count). The van der Waals surface area contributed by atoms with E-state index in [-0.39, 0.29) is 0 Å². The second kappa shape index (κ2) is 8.17. The number of anilines is 2. The fourth-order valence-electron chi connectivity index (χ4n) is 2.05. The van der Waals surface area contributed by atoms with Crippen LogP contribution in [-0.2, 0) is 6.54 Å². The minimum absolute atomic E-state index is 0.558. The summed E-state index contributed by atoms with van der Waals surface area (Å²) in [6.07, 6.45) is 0. The Bertz CT molecular complexity index is 754. The largest absolute Gasteiger partial charge is 0.356 e. The average molecular weight is 357 g/mol. The molecule has 3 aromatic rings. The lowest BCUT2D eigenvalue weighted by Gasteiger charge is -2.08. The van der Waals surface area contributed by atoms with Crippen molar-refractivity contribution in [2.45, 2.75) is 25.6 Å². The van der Waals surface area contributed by atoms with Crippen LogP contribution in [0.3, 0.4) is 0 Å². The molecule has 0 aliphatic heterocycles. The van der Waals surface area contributed by atoms with Gasteiger partial charge in [0.05, 0.1) is 0 Å². The Morgan fingerprint density at radius 3 is 2.46 bits per heavy atom. The molecular formula is C18H20N4S2. The van der Waals surface area contributed by atoms with E-state index in [1.807, 2.05) is 30.3 Å². The van der Waals surface area contributed by atoms with Crippen LogP contribution in [0.25, 0.3) is 10.6 Å². The summed E-state index contributed by atoms with van der Waals surface area (Å²) in [4.78, 5) is 0. The highest BCUT2D eigenvalue weighted by molar-refractivity contribution is 8.01. The van der Waals surface area contributed by atoms with Crippen LogP contribution in [0.5, 0.6) is 0 Å². The summed E-state index contributed by atoms with van der Waals surface area (Å²) in [6.45, 7) is 5.07. The fraction of sp³-hybridized carbons (Fsp3) is 0.222. The van der Waals surface area contributed by atoms with Gasteiger partial charge in [-0.25, -0.2) is 0 Å². The minimum Gasteiger partial charge on any atom is -0.356 e. The van der Waals surface area contributed by atoms with E-state index in [0.29, 0.717) is 5.25 Å². The first-order valence-corrected chi connectivity index (χ1v) is 9.54.